The standard InChI is InChI=1S/C15H16O2/c1-4-12-13(15(12,2)3)14(16)17-10-11-8-6-5-7-9-11/h1,5-9,12-13H,10H2,2-3H3/t12-,13+/m1/s1. The molecule has 0 heterocycles. The normalized spacial score (nSPS) is 24.8. The molecule has 0 bridgehead atoms. The maximum atomic E-state index is 11.8. The molecule has 0 amide bonds. The molecule has 0 aliphatic heterocycles. The summed E-state index contributed by atoms with van der Waals surface area (Å²) in [5.74, 6) is 2.36. The summed E-state index contributed by atoms with van der Waals surface area (Å²) in [5, 5.41) is 0. The Labute approximate surface area is 102 Å². The zero-order chi connectivity index (χ0) is 12.5. The molecule has 2 rings (SSSR count). The molecule has 0 aromatic heterocycles. The Hall–Kier alpha value is -1.75. The highest BCUT2D eigenvalue weighted by Crippen LogP contribution is 2.58. The van der Waals surface area contributed by atoms with Crippen molar-refractivity contribution >= 4 is 5.97 Å². The Morgan fingerprint density at radius 2 is 2.06 bits per heavy atom. The molecular formula is C15H16O2. The predicted octanol–water partition coefficient (Wildman–Crippen LogP) is 2.64. The average Bonchev–Trinajstić information content (AvgIpc) is 2.89. The van der Waals surface area contributed by atoms with Gasteiger partial charge in [-0.1, -0.05) is 44.2 Å². The van der Waals surface area contributed by atoms with Gasteiger partial charge in [-0.25, -0.2) is 0 Å². The van der Waals surface area contributed by atoms with Crippen LogP contribution in [0, 0.1) is 29.6 Å². The lowest BCUT2D eigenvalue weighted by Gasteiger charge is -2.05. The lowest BCUT2D eigenvalue weighted by atomic mass is 10.1. The van der Waals surface area contributed by atoms with Crippen molar-refractivity contribution in [1.29, 1.82) is 0 Å². The summed E-state index contributed by atoms with van der Waals surface area (Å²) in [5.41, 5.74) is 0.888. The van der Waals surface area contributed by atoms with Crippen LogP contribution in [-0.4, -0.2) is 5.97 Å². The summed E-state index contributed by atoms with van der Waals surface area (Å²) in [6.07, 6.45) is 5.39. The molecule has 1 aliphatic rings. The van der Waals surface area contributed by atoms with Crippen LogP contribution < -0.4 is 0 Å². The maximum absolute atomic E-state index is 11.8. The molecule has 1 aromatic rings. The first-order valence-corrected chi connectivity index (χ1v) is 5.74. The van der Waals surface area contributed by atoms with E-state index < -0.39 is 0 Å². The van der Waals surface area contributed by atoms with E-state index >= 15 is 0 Å². The van der Waals surface area contributed by atoms with Gasteiger partial charge in [0, 0.05) is 5.92 Å². The topological polar surface area (TPSA) is 26.3 Å². The van der Waals surface area contributed by atoms with Gasteiger partial charge in [0.15, 0.2) is 0 Å². The SMILES string of the molecule is C#C[C@@H]1[C@@H](C(=O)OCc2ccccc2)C1(C)C. The molecule has 1 aliphatic carbocycles. The molecule has 2 atom stereocenters. The van der Waals surface area contributed by atoms with Gasteiger partial charge < -0.3 is 4.74 Å². The number of ether oxygens (including phenoxy) is 1. The minimum absolute atomic E-state index is 0.0192. The highest BCUT2D eigenvalue weighted by Gasteiger charge is 2.62. The number of rotatable bonds is 3. The second kappa shape index (κ2) is 4.25. The molecule has 2 nitrogen and oxygen atoms in total. The number of hydrogen-bond acceptors (Lipinski definition) is 2. The van der Waals surface area contributed by atoms with Crippen molar-refractivity contribution in [1.82, 2.24) is 0 Å². The fourth-order valence-electron chi connectivity index (χ4n) is 2.21. The number of terminal acetylenes is 1. The lowest BCUT2D eigenvalue weighted by molar-refractivity contribution is -0.147. The van der Waals surface area contributed by atoms with E-state index in [0.717, 1.165) is 5.56 Å². The summed E-state index contributed by atoms with van der Waals surface area (Å²) in [6, 6.07) is 9.65. The van der Waals surface area contributed by atoms with Crippen molar-refractivity contribution < 1.29 is 9.53 Å². The van der Waals surface area contributed by atoms with E-state index in [4.69, 9.17) is 11.2 Å². The molecule has 0 spiro atoms. The molecule has 0 unspecified atom stereocenters. The van der Waals surface area contributed by atoms with Gasteiger partial charge in [-0.05, 0) is 11.0 Å². The van der Waals surface area contributed by atoms with Gasteiger partial charge in [0.2, 0.25) is 0 Å². The summed E-state index contributed by atoms with van der Waals surface area (Å²) in [7, 11) is 0. The van der Waals surface area contributed by atoms with Crippen LogP contribution in [0.25, 0.3) is 0 Å². The first-order chi connectivity index (χ1) is 8.07. The van der Waals surface area contributed by atoms with Crippen molar-refractivity contribution in [2.45, 2.75) is 20.5 Å². The summed E-state index contributed by atoms with van der Waals surface area (Å²) < 4.78 is 5.29. The maximum Gasteiger partial charge on any atom is 0.311 e. The van der Waals surface area contributed by atoms with Crippen LogP contribution in [0.5, 0.6) is 0 Å². The van der Waals surface area contributed by atoms with Crippen LogP contribution >= 0.6 is 0 Å². The van der Waals surface area contributed by atoms with Crippen molar-refractivity contribution in [2.24, 2.45) is 17.3 Å². The fourth-order valence-corrected chi connectivity index (χ4v) is 2.21. The third-order valence-corrected chi connectivity index (χ3v) is 3.48. The molecule has 1 fully saturated rings. The third kappa shape index (κ3) is 2.19. The van der Waals surface area contributed by atoms with Gasteiger partial charge in [0.05, 0.1) is 5.92 Å². The first-order valence-electron chi connectivity index (χ1n) is 5.74. The summed E-state index contributed by atoms with van der Waals surface area (Å²) in [6.45, 7) is 4.33. The minimum Gasteiger partial charge on any atom is -0.461 e. The van der Waals surface area contributed by atoms with Gasteiger partial charge in [-0.3, -0.25) is 4.79 Å². The first kappa shape index (κ1) is 11.7. The van der Waals surface area contributed by atoms with Gasteiger partial charge in [-0.2, -0.15) is 0 Å². The third-order valence-electron chi connectivity index (χ3n) is 3.48. The highest BCUT2D eigenvalue weighted by atomic mass is 16.5. The van der Waals surface area contributed by atoms with Crippen molar-refractivity contribution in [3.63, 3.8) is 0 Å². The smallest absolute Gasteiger partial charge is 0.311 e. The van der Waals surface area contributed by atoms with Gasteiger partial charge >= 0.3 is 5.97 Å². The lowest BCUT2D eigenvalue weighted by Crippen LogP contribution is -2.10. The van der Waals surface area contributed by atoms with Crippen molar-refractivity contribution in [3.05, 3.63) is 35.9 Å². The predicted molar refractivity (Wildman–Crippen MR) is 65.8 cm³/mol. The van der Waals surface area contributed by atoms with Gasteiger partial charge in [0.25, 0.3) is 0 Å². The number of hydrogen-bond donors (Lipinski definition) is 0. The van der Waals surface area contributed by atoms with Crippen LogP contribution in [0.1, 0.15) is 19.4 Å². The van der Waals surface area contributed by atoms with Crippen molar-refractivity contribution in [3.8, 4) is 12.3 Å². The molecule has 0 N–H and O–H groups in total. The summed E-state index contributed by atoms with van der Waals surface area (Å²) >= 11 is 0. The van der Waals surface area contributed by atoms with E-state index in [1.807, 2.05) is 44.2 Å². The average molecular weight is 228 g/mol. The fraction of sp³-hybridized carbons (Fsp3) is 0.400. The quantitative estimate of drug-likeness (QED) is 0.587. The van der Waals surface area contributed by atoms with Crippen LogP contribution in [0.2, 0.25) is 0 Å². The second-order valence-corrected chi connectivity index (χ2v) is 5.04. The van der Waals surface area contributed by atoms with Crippen LogP contribution in [0.15, 0.2) is 30.3 Å². The van der Waals surface area contributed by atoms with Gasteiger partial charge in [-0.15, -0.1) is 12.3 Å². The van der Waals surface area contributed by atoms with E-state index in [9.17, 15) is 4.79 Å². The number of esters is 1. The number of carbonyl (C=O) groups excluding carboxylic acids is 1. The largest absolute Gasteiger partial charge is 0.461 e. The molecule has 17 heavy (non-hydrogen) atoms. The molecule has 0 radical (unpaired) electrons. The van der Waals surface area contributed by atoms with E-state index in [2.05, 4.69) is 5.92 Å². The molecule has 2 heteroatoms. The summed E-state index contributed by atoms with van der Waals surface area (Å²) in [4.78, 5) is 11.8. The molecule has 88 valence electrons. The van der Waals surface area contributed by atoms with E-state index in [0.29, 0.717) is 6.61 Å². The Kier molecular flexibility index (Phi) is 2.93. The number of benzene rings is 1. The minimum atomic E-state index is -0.179. The zero-order valence-corrected chi connectivity index (χ0v) is 10.1. The Morgan fingerprint density at radius 3 is 2.59 bits per heavy atom. The van der Waals surface area contributed by atoms with Crippen LogP contribution in [-0.2, 0) is 16.1 Å². The highest BCUT2D eigenvalue weighted by molar-refractivity contribution is 5.78. The van der Waals surface area contributed by atoms with Gasteiger partial charge in [0.1, 0.15) is 6.61 Å². The van der Waals surface area contributed by atoms with Crippen LogP contribution in [0.3, 0.4) is 0 Å². The van der Waals surface area contributed by atoms with E-state index in [-0.39, 0.29) is 23.2 Å². The molecule has 0 saturated heterocycles. The molecule has 1 saturated carbocycles. The van der Waals surface area contributed by atoms with Crippen molar-refractivity contribution in [2.75, 3.05) is 0 Å². The van der Waals surface area contributed by atoms with E-state index in [1.54, 1.807) is 0 Å². The van der Waals surface area contributed by atoms with Crippen LogP contribution in [0.4, 0.5) is 0 Å². The zero-order valence-electron chi connectivity index (χ0n) is 10.1. The molecular weight excluding hydrogens is 212 g/mol. The Bertz CT molecular complexity index is 454. The number of carbonyl (C=O) groups is 1. The monoisotopic (exact) mass is 228 g/mol. The Balaban J connectivity index is 1.90. The Morgan fingerprint density at radius 1 is 1.41 bits per heavy atom. The van der Waals surface area contributed by atoms with E-state index in [1.165, 1.54) is 0 Å². The second-order valence-electron chi connectivity index (χ2n) is 5.04. The molecule has 1 aromatic carbocycles.